The number of carbonyl (C=O) groups excluding carboxylic acids is 1. The summed E-state index contributed by atoms with van der Waals surface area (Å²) in [6.07, 6.45) is 0. The number of likely N-dealkylation sites (N-methyl/N-ethyl adjacent to an activating group) is 2. The second-order valence-electron chi connectivity index (χ2n) is 8.04. The van der Waals surface area contributed by atoms with Gasteiger partial charge in [-0.15, -0.1) is 0 Å². The van der Waals surface area contributed by atoms with E-state index in [-0.39, 0.29) is 22.6 Å². The van der Waals surface area contributed by atoms with E-state index in [4.69, 9.17) is 0 Å². The van der Waals surface area contributed by atoms with Crippen LogP contribution in [-0.2, 0) is 0 Å². The van der Waals surface area contributed by atoms with Gasteiger partial charge in [0.1, 0.15) is 5.75 Å². The summed E-state index contributed by atoms with van der Waals surface area (Å²) >= 11 is 0. The van der Waals surface area contributed by atoms with Crippen LogP contribution in [0.25, 0.3) is 11.1 Å². The lowest BCUT2D eigenvalue weighted by atomic mass is 10.0. The number of phenols is 1. The maximum absolute atomic E-state index is 13.1. The Morgan fingerprint density at radius 1 is 0.853 bits per heavy atom. The van der Waals surface area contributed by atoms with E-state index in [1.165, 1.54) is 12.1 Å². The summed E-state index contributed by atoms with van der Waals surface area (Å²) in [5, 5.41) is 22.7. The van der Waals surface area contributed by atoms with Crippen molar-refractivity contribution in [3.63, 3.8) is 0 Å². The van der Waals surface area contributed by atoms with E-state index in [1.54, 1.807) is 24.3 Å². The number of rotatable bonds is 10. The summed E-state index contributed by atoms with van der Waals surface area (Å²) in [5.41, 5.74) is 2.67. The molecule has 0 saturated heterocycles. The third-order valence-electron chi connectivity index (χ3n) is 5.92. The Labute approximate surface area is 200 Å². The second-order valence-corrected chi connectivity index (χ2v) is 8.04. The molecule has 3 rings (SSSR count). The number of carboxylic acids is 1. The fourth-order valence-electron chi connectivity index (χ4n) is 3.74. The van der Waals surface area contributed by atoms with Crippen LogP contribution >= 0.6 is 0 Å². The summed E-state index contributed by atoms with van der Waals surface area (Å²) in [6.45, 7) is 7.79. The summed E-state index contributed by atoms with van der Waals surface area (Å²) < 4.78 is 0. The molecular weight excluding hydrogens is 430 g/mol. The first kappa shape index (κ1) is 24.8. The smallest absolute Gasteiger partial charge is 0.337 e. The van der Waals surface area contributed by atoms with E-state index in [9.17, 15) is 19.8 Å². The van der Waals surface area contributed by atoms with Crippen molar-refractivity contribution < 1.29 is 19.8 Å². The molecular formula is C27H31N3O4. The van der Waals surface area contributed by atoms with Crippen LogP contribution in [0.4, 0.5) is 11.4 Å². The van der Waals surface area contributed by atoms with Gasteiger partial charge in [-0.25, -0.2) is 4.79 Å². The molecule has 0 radical (unpaired) electrons. The van der Waals surface area contributed by atoms with E-state index in [0.29, 0.717) is 0 Å². The number of aromatic carboxylic acids is 1. The molecule has 0 spiro atoms. The first-order valence-corrected chi connectivity index (χ1v) is 11.3. The molecule has 0 aliphatic rings. The number of benzene rings is 3. The Kier molecular flexibility index (Phi) is 8.27. The first-order chi connectivity index (χ1) is 16.3. The molecule has 34 heavy (non-hydrogen) atoms. The zero-order valence-electron chi connectivity index (χ0n) is 19.8. The predicted octanol–water partition coefficient (Wildman–Crippen LogP) is 4.79. The van der Waals surface area contributed by atoms with Crippen LogP contribution in [0.15, 0.2) is 66.7 Å². The van der Waals surface area contributed by atoms with Crippen molar-refractivity contribution in [3.8, 4) is 16.9 Å². The van der Waals surface area contributed by atoms with Crippen LogP contribution in [0.1, 0.15) is 34.6 Å². The molecule has 3 N–H and O–H groups in total. The van der Waals surface area contributed by atoms with Gasteiger partial charge in [-0.05, 0) is 54.5 Å². The molecule has 0 atom stereocenters. The fraction of sp³-hybridized carbons (Fsp3) is 0.259. The molecule has 3 aromatic carbocycles. The number of aromatic hydroxyl groups is 1. The van der Waals surface area contributed by atoms with Crippen LogP contribution in [0.3, 0.4) is 0 Å². The van der Waals surface area contributed by atoms with E-state index in [0.717, 1.165) is 43.0 Å². The third kappa shape index (κ3) is 5.94. The minimum Gasteiger partial charge on any atom is -0.507 e. The molecule has 7 nitrogen and oxygen atoms in total. The quantitative estimate of drug-likeness (QED) is 0.402. The molecule has 0 aliphatic heterocycles. The Morgan fingerprint density at radius 2 is 1.56 bits per heavy atom. The Balaban J connectivity index is 1.86. The van der Waals surface area contributed by atoms with Crippen molar-refractivity contribution in [1.82, 2.24) is 4.90 Å². The molecule has 178 valence electrons. The van der Waals surface area contributed by atoms with Gasteiger partial charge in [0.15, 0.2) is 0 Å². The molecule has 7 heteroatoms. The second kappa shape index (κ2) is 11.3. The van der Waals surface area contributed by atoms with Crippen LogP contribution in [0.5, 0.6) is 5.75 Å². The van der Waals surface area contributed by atoms with Gasteiger partial charge in [0, 0.05) is 25.8 Å². The number of hydrogen-bond acceptors (Lipinski definition) is 5. The molecule has 0 fully saturated rings. The predicted molar refractivity (Wildman–Crippen MR) is 136 cm³/mol. The highest BCUT2D eigenvalue weighted by Crippen LogP contribution is 2.28. The Bertz CT molecular complexity index is 1140. The van der Waals surface area contributed by atoms with Crippen molar-refractivity contribution in [3.05, 3.63) is 77.9 Å². The number of amides is 1. The minimum atomic E-state index is -1.15. The number of nitrogens with zero attached hydrogens (tertiary/aromatic N) is 2. The molecule has 3 aromatic rings. The Morgan fingerprint density at radius 3 is 2.21 bits per heavy atom. The minimum absolute atomic E-state index is 0.0278. The van der Waals surface area contributed by atoms with Crippen molar-refractivity contribution in [1.29, 1.82) is 0 Å². The largest absolute Gasteiger partial charge is 0.507 e. The van der Waals surface area contributed by atoms with Crippen molar-refractivity contribution in [2.75, 3.05) is 43.4 Å². The third-order valence-corrected chi connectivity index (χ3v) is 5.92. The fourth-order valence-corrected chi connectivity index (χ4v) is 3.74. The lowest BCUT2D eigenvalue weighted by Gasteiger charge is -2.25. The van der Waals surface area contributed by atoms with Gasteiger partial charge in [-0.2, -0.15) is 0 Å². The van der Waals surface area contributed by atoms with E-state index in [1.807, 2.05) is 42.3 Å². The molecule has 0 bridgehead atoms. The van der Waals surface area contributed by atoms with Gasteiger partial charge in [0.25, 0.3) is 5.91 Å². The standard InChI is InChI=1S/C27H31N3O4/c1-4-30(5-2)16-15-29(3)21-12-14-25(31)23(18-21)26(32)28-24-17-20(11-13-22(24)27(33)34)19-9-7-6-8-10-19/h6-14,17-18,31H,4-5,15-16H2,1-3H3,(H,28,32)(H,33,34). The maximum Gasteiger partial charge on any atom is 0.337 e. The van der Waals surface area contributed by atoms with Crippen molar-refractivity contribution >= 4 is 23.3 Å². The zero-order chi connectivity index (χ0) is 24.7. The number of nitrogens with one attached hydrogen (secondary N) is 1. The average molecular weight is 462 g/mol. The van der Waals surface area contributed by atoms with Gasteiger partial charge in [-0.3, -0.25) is 4.79 Å². The Hall–Kier alpha value is -3.84. The van der Waals surface area contributed by atoms with E-state index in [2.05, 4.69) is 24.1 Å². The van der Waals surface area contributed by atoms with Crippen LogP contribution in [-0.4, -0.2) is 60.2 Å². The molecule has 0 unspecified atom stereocenters. The monoisotopic (exact) mass is 461 g/mol. The topological polar surface area (TPSA) is 93.1 Å². The highest BCUT2D eigenvalue weighted by molar-refractivity contribution is 6.10. The molecule has 0 heterocycles. The highest BCUT2D eigenvalue weighted by atomic mass is 16.4. The lowest BCUT2D eigenvalue weighted by Crippen LogP contribution is -2.33. The average Bonchev–Trinajstić information content (AvgIpc) is 2.85. The summed E-state index contributed by atoms with van der Waals surface area (Å²) in [7, 11) is 1.93. The number of phenolic OH excluding ortho intramolecular Hbond substituents is 1. The molecule has 0 aliphatic carbocycles. The number of hydrogen-bond donors (Lipinski definition) is 3. The van der Waals surface area contributed by atoms with Crippen LogP contribution in [0.2, 0.25) is 0 Å². The van der Waals surface area contributed by atoms with E-state index < -0.39 is 11.9 Å². The normalized spacial score (nSPS) is 10.8. The molecule has 0 saturated carbocycles. The number of carboxylic acid groups (broad SMARTS) is 1. The van der Waals surface area contributed by atoms with Gasteiger partial charge >= 0.3 is 5.97 Å². The van der Waals surface area contributed by atoms with Gasteiger partial charge in [0.05, 0.1) is 16.8 Å². The zero-order valence-corrected chi connectivity index (χ0v) is 19.8. The lowest BCUT2D eigenvalue weighted by molar-refractivity contribution is 0.0698. The SMILES string of the molecule is CCN(CC)CCN(C)c1ccc(O)c(C(=O)Nc2cc(-c3ccccc3)ccc2C(=O)O)c1. The molecule has 1 amide bonds. The summed E-state index contributed by atoms with van der Waals surface area (Å²) in [6, 6.07) is 19.2. The first-order valence-electron chi connectivity index (χ1n) is 11.3. The van der Waals surface area contributed by atoms with Crippen LogP contribution in [0, 0.1) is 0 Å². The molecule has 0 aromatic heterocycles. The van der Waals surface area contributed by atoms with Crippen molar-refractivity contribution in [2.45, 2.75) is 13.8 Å². The van der Waals surface area contributed by atoms with Crippen molar-refractivity contribution in [2.24, 2.45) is 0 Å². The van der Waals surface area contributed by atoms with Gasteiger partial charge < -0.3 is 25.3 Å². The van der Waals surface area contributed by atoms with Crippen LogP contribution < -0.4 is 10.2 Å². The van der Waals surface area contributed by atoms with Gasteiger partial charge in [0.2, 0.25) is 0 Å². The van der Waals surface area contributed by atoms with E-state index >= 15 is 0 Å². The maximum atomic E-state index is 13.1. The summed E-state index contributed by atoms with van der Waals surface area (Å²) in [5.74, 6) is -1.90. The summed E-state index contributed by atoms with van der Waals surface area (Å²) in [4.78, 5) is 29.2. The number of carbonyl (C=O) groups is 2. The number of anilines is 2. The van der Waals surface area contributed by atoms with Gasteiger partial charge in [-0.1, -0.05) is 50.2 Å². The highest BCUT2D eigenvalue weighted by Gasteiger charge is 2.18.